The summed E-state index contributed by atoms with van der Waals surface area (Å²) in [4.78, 5) is 0. The Kier molecular flexibility index (Phi) is 7.35. The molecule has 4 rings (SSSR count). The lowest BCUT2D eigenvalue weighted by Crippen LogP contribution is -2.04. The number of hydrogen-bond donors (Lipinski definition) is 0. The van der Waals surface area contributed by atoms with Crippen molar-refractivity contribution in [3.63, 3.8) is 0 Å². The molecule has 0 unspecified atom stereocenters. The van der Waals surface area contributed by atoms with Crippen LogP contribution in [0.5, 0.6) is 23.0 Å². The highest BCUT2D eigenvalue weighted by Gasteiger charge is 2.16. The van der Waals surface area contributed by atoms with E-state index in [-0.39, 0.29) is 0 Å². The predicted octanol–water partition coefficient (Wildman–Crippen LogP) is 5.51. The molecule has 7 heteroatoms. The smallest absolute Gasteiger partial charge is 0.123 e. The van der Waals surface area contributed by atoms with Crippen LogP contribution in [-0.2, 0) is 6.54 Å². The van der Waals surface area contributed by atoms with Gasteiger partial charge >= 0.3 is 0 Å². The summed E-state index contributed by atoms with van der Waals surface area (Å²) in [6.07, 6.45) is 3.98. The number of methoxy groups -OCH3 is 4. The molecule has 0 radical (unpaired) electrons. The van der Waals surface area contributed by atoms with Crippen molar-refractivity contribution in [1.82, 2.24) is 15.0 Å². The maximum absolute atomic E-state index is 5.51. The van der Waals surface area contributed by atoms with Crippen molar-refractivity contribution in [2.24, 2.45) is 0 Å². The highest BCUT2D eigenvalue weighted by molar-refractivity contribution is 5.78. The number of benzene rings is 3. The number of aromatic nitrogens is 3. The van der Waals surface area contributed by atoms with Gasteiger partial charge in [0.05, 0.1) is 40.7 Å². The molecule has 0 saturated heterocycles. The third-order valence-electron chi connectivity index (χ3n) is 5.62. The molecule has 0 amide bonds. The minimum Gasteiger partial charge on any atom is -0.497 e. The van der Waals surface area contributed by atoms with Crippen molar-refractivity contribution in [3.8, 4) is 34.3 Å². The van der Waals surface area contributed by atoms with Gasteiger partial charge in [-0.3, -0.25) is 0 Å². The first kappa shape index (κ1) is 23.9. The van der Waals surface area contributed by atoms with E-state index >= 15 is 0 Å². The molecule has 4 aromatic rings. The van der Waals surface area contributed by atoms with Crippen LogP contribution in [0.1, 0.15) is 22.4 Å². The average Bonchev–Trinajstić information content (AvgIpc) is 3.29. The van der Waals surface area contributed by atoms with Crippen LogP contribution >= 0.6 is 0 Å². The summed E-state index contributed by atoms with van der Waals surface area (Å²) in [5, 5.41) is 8.98. The number of rotatable bonds is 9. The number of ether oxygens (including phenoxy) is 4. The van der Waals surface area contributed by atoms with E-state index < -0.39 is 0 Å². The van der Waals surface area contributed by atoms with Gasteiger partial charge in [0.25, 0.3) is 0 Å². The van der Waals surface area contributed by atoms with Gasteiger partial charge in [0, 0.05) is 11.6 Å². The van der Waals surface area contributed by atoms with Gasteiger partial charge in [-0.2, -0.15) is 0 Å². The molecule has 0 fully saturated rings. The zero-order chi connectivity index (χ0) is 24.8. The summed E-state index contributed by atoms with van der Waals surface area (Å²) in [7, 11) is 6.60. The minimum atomic E-state index is 0.540. The fourth-order valence-corrected chi connectivity index (χ4v) is 3.86. The van der Waals surface area contributed by atoms with E-state index in [0.29, 0.717) is 18.0 Å². The van der Waals surface area contributed by atoms with Gasteiger partial charge in [-0.1, -0.05) is 29.5 Å². The quantitative estimate of drug-likeness (QED) is 0.321. The fraction of sp³-hybridized carbons (Fsp3) is 0.214. The number of nitrogens with zero attached hydrogens (tertiary/aromatic N) is 3. The van der Waals surface area contributed by atoms with Crippen LogP contribution < -0.4 is 18.9 Å². The Labute approximate surface area is 205 Å². The number of hydrogen-bond acceptors (Lipinski definition) is 6. The summed E-state index contributed by atoms with van der Waals surface area (Å²) in [6.45, 7) is 2.58. The van der Waals surface area contributed by atoms with Gasteiger partial charge in [0.2, 0.25) is 0 Å². The van der Waals surface area contributed by atoms with Crippen LogP contribution in [0.2, 0.25) is 0 Å². The Balaban J connectivity index is 1.79. The molecule has 7 nitrogen and oxygen atoms in total. The highest BCUT2D eigenvalue weighted by Crippen LogP contribution is 2.32. The van der Waals surface area contributed by atoms with E-state index in [1.807, 2.05) is 78.4 Å². The largest absolute Gasteiger partial charge is 0.497 e. The Bertz CT molecular complexity index is 1300. The second kappa shape index (κ2) is 10.8. The van der Waals surface area contributed by atoms with Crippen molar-refractivity contribution in [1.29, 1.82) is 0 Å². The first-order valence-electron chi connectivity index (χ1n) is 11.2. The van der Waals surface area contributed by atoms with E-state index in [1.165, 1.54) is 0 Å². The molecule has 0 N–H and O–H groups in total. The Hall–Kier alpha value is -4.26. The molecule has 0 spiro atoms. The maximum atomic E-state index is 5.51. The van der Waals surface area contributed by atoms with Gasteiger partial charge in [-0.25, -0.2) is 4.68 Å². The van der Waals surface area contributed by atoms with Gasteiger partial charge in [0.1, 0.15) is 28.7 Å². The second-order valence-corrected chi connectivity index (χ2v) is 8.05. The maximum Gasteiger partial charge on any atom is 0.123 e. The van der Waals surface area contributed by atoms with Crippen molar-refractivity contribution in [3.05, 3.63) is 83.0 Å². The molecule has 1 heterocycles. The summed E-state index contributed by atoms with van der Waals surface area (Å²) >= 11 is 0. The first-order chi connectivity index (χ1) is 17.0. The van der Waals surface area contributed by atoms with E-state index in [4.69, 9.17) is 18.9 Å². The molecule has 0 aliphatic heterocycles. The van der Waals surface area contributed by atoms with E-state index in [1.54, 1.807) is 28.4 Å². The highest BCUT2D eigenvalue weighted by atomic mass is 16.5. The SMILES string of the molecule is COc1ccc(Cn2nnc(C=Cc3cc(C)cc(OC)c3)c2-c2cc(OC)cc(OC)c2)cc1. The Morgan fingerprint density at radius 3 is 1.97 bits per heavy atom. The Morgan fingerprint density at radius 1 is 0.714 bits per heavy atom. The first-order valence-corrected chi connectivity index (χ1v) is 11.2. The van der Waals surface area contributed by atoms with Crippen LogP contribution in [-0.4, -0.2) is 43.4 Å². The fourth-order valence-electron chi connectivity index (χ4n) is 3.86. The van der Waals surface area contributed by atoms with E-state index in [0.717, 1.165) is 45.1 Å². The predicted molar refractivity (Wildman–Crippen MR) is 137 cm³/mol. The summed E-state index contributed by atoms with van der Waals surface area (Å²) in [5.41, 5.74) is 5.68. The third-order valence-corrected chi connectivity index (χ3v) is 5.62. The van der Waals surface area contributed by atoms with Gasteiger partial charge < -0.3 is 18.9 Å². The van der Waals surface area contributed by atoms with Gasteiger partial charge in [-0.15, -0.1) is 5.10 Å². The van der Waals surface area contributed by atoms with Crippen molar-refractivity contribution in [2.45, 2.75) is 13.5 Å². The molecular formula is C28H29N3O4. The standard InChI is InChI=1S/C28H29N3O4/c1-19-12-21(14-24(13-19)33-3)8-11-27-28(22-15-25(34-4)17-26(16-22)35-5)31(30-29-27)18-20-6-9-23(32-2)10-7-20/h6-17H,18H2,1-5H3. The van der Waals surface area contributed by atoms with Gasteiger partial charge in [-0.05, 0) is 66.1 Å². The lowest BCUT2D eigenvalue weighted by Gasteiger charge is -2.11. The van der Waals surface area contributed by atoms with E-state index in [9.17, 15) is 0 Å². The summed E-state index contributed by atoms with van der Waals surface area (Å²) in [6, 6.07) is 19.7. The van der Waals surface area contributed by atoms with E-state index in [2.05, 4.69) is 16.4 Å². The molecule has 3 aromatic carbocycles. The van der Waals surface area contributed by atoms with Crippen molar-refractivity contribution in [2.75, 3.05) is 28.4 Å². The zero-order valence-corrected chi connectivity index (χ0v) is 20.6. The molecule has 0 aliphatic carbocycles. The van der Waals surface area contributed by atoms with Crippen molar-refractivity contribution < 1.29 is 18.9 Å². The van der Waals surface area contributed by atoms with Crippen molar-refractivity contribution >= 4 is 12.2 Å². The topological polar surface area (TPSA) is 67.6 Å². The molecule has 0 aliphatic rings. The summed E-state index contributed by atoms with van der Waals surface area (Å²) in [5.74, 6) is 3.00. The molecule has 1 aromatic heterocycles. The lowest BCUT2D eigenvalue weighted by atomic mass is 10.1. The minimum absolute atomic E-state index is 0.540. The number of aryl methyl sites for hydroxylation is 1. The Morgan fingerprint density at radius 2 is 1.34 bits per heavy atom. The molecule has 180 valence electrons. The summed E-state index contributed by atoms with van der Waals surface area (Å²) < 4.78 is 23.6. The molecule has 35 heavy (non-hydrogen) atoms. The normalized spacial score (nSPS) is 11.0. The van der Waals surface area contributed by atoms with Gasteiger partial charge in [0.15, 0.2) is 0 Å². The molecule has 0 saturated carbocycles. The average molecular weight is 472 g/mol. The van der Waals surface area contributed by atoms with Crippen LogP contribution in [0.4, 0.5) is 0 Å². The second-order valence-electron chi connectivity index (χ2n) is 8.05. The third kappa shape index (κ3) is 5.63. The lowest BCUT2D eigenvalue weighted by molar-refractivity contribution is 0.394. The molecule has 0 bridgehead atoms. The van der Waals surface area contributed by atoms with Crippen LogP contribution in [0, 0.1) is 6.92 Å². The molecular weight excluding hydrogens is 442 g/mol. The van der Waals surface area contributed by atoms with Crippen LogP contribution in [0.15, 0.2) is 60.7 Å². The zero-order valence-electron chi connectivity index (χ0n) is 20.6. The van der Waals surface area contributed by atoms with Crippen LogP contribution in [0.3, 0.4) is 0 Å². The monoisotopic (exact) mass is 471 g/mol. The van der Waals surface area contributed by atoms with Crippen LogP contribution in [0.25, 0.3) is 23.4 Å². The molecule has 0 atom stereocenters.